The molecular weight excluding hydrogens is 180 g/mol. The first-order chi connectivity index (χ1) is 6.72. The van der Waals surface area contributed by atoms with Crippen molar-refractivity contribution in [3.63, 3.8) is 0 Å². The molecule has 0 aromatic rings. The minimum atomic E-state index is -0.0353. The first kappa shape index (κ1) is 11.0. The van der Waals surface area contributed by atoms with Crippen molar-refractivity contribution in [3.8, 4) is 0 Å². The maximum atomic E-state index is 11.1. The summed E-state index contributed by atoms with van der Waals surface area (Å²) in [6.45, 7) is 4.17. The number of nitrogens with two attached hydrogens (primary N) is 1. The quantitative estimate of drug-likeness (QED) is 0.422. The van der Waals surface area contributed by atoms with Crippen LogP contribution in [0.25, 0.3) is 0 Å². The van der Waals surface area contributed by atoms with Crippen LogP contribution in [0, 0.1) is 0 Å². The van der Waals surface area contributed by atoms with Gasteiger partial charge in [-0.2, -0.15) is 0 Å². The van der Waals surface area contributed by atoms with Gasteiger partial charge in [0.2, 0.25) is 5.91 Å². The highest BCUT2D eigenvalue weighted by atomic mass is 16.1. The molecule has 0 fully saturated rings. The van der Waals surface area contributed by atoms with Crippen LogP contribution in [0.2, 0.25) is 0 Å². The number of hydrogen-bond acceptors (Lipinski definition) is 4. The van der Waals surface area contributed by atoms with E-state index in [1.165, 1.54) is 0 Å². The Morgan fingerprint density at radius 2 is 2.36 bits per heavy atom. The maximum Gasteiger partial charge on any atom is 0.247 e. The third-order valence-electron chi connectivity index (χ3n) is 1.94. The fourth-order valence-corrected chi connectivity index (χ4v) is 1.32. The van der Waals surface area contributed by atoms with E-state index in [2.05, 4.69) is 16.0 Å². The normalized spacial score (nSPS) is 21.1. The molecule has 5 nitrogen and oxygen atoms in total. The van der Waals surface area contributed by atoms with Gasteiger partial charge in [-0.3, -0.25) is 4.79 Å². The Morgan fingerprint density at radius 1 is 1.57 bits per heavy atom. The van der Waals surface area contributed by atoms with E-state index in [1.807, 2.05) is 6.92 Å². The van der Waals surface area contributed by atoms with Crippen LogP contribution in [0.1, 0.15) is 13.3 Å². The van der Waals surface area contributed by atoms with Gasteiger partial charge in [0, 0.05) is 18.3 Å². The Kier molecular flexibility index (Phi) is 4.42. The number of nitrogens with one attached hydrogen (secondary N) is 3. The number of amides is 1. The summed E-state index contributed by atoms with van der Waals surface area (Å²) in [6, 6.07) is 0. The second-order valence-electron chi connectivity index (χ2n) is 3.36. The van der Waals surface area contributed by atoms with Gasteiger partial charge in [-0.25, -0.2) is 0 Å². The molecule has 1 atom stereocenters. The summed E-state index contributed by atoms with van der Waals surface area (Å²) in [6.07, 6.45) is 2.55. The van der Waals surface area contributed by atoms with E-state index in [0.29, 0.717) is 13.1 Å². The summed E-state index contributed by atoms with van der Waals surface area (Å²) < 4.78 is 0. The molecule has 0 bridgehead atoms. The van der Waals surface area contributed by atoms with Crippen LogP contribution in [0.3, 0.4) is 0 Å². The van der Waals surface area contributed by atoms with E-state index < -0.39 is 0 Å². The Morgan fingerprint density at radius 3 is 3.00 bits per heavy atom. The molecule has 5 heteroatoms. The Bertz CT molecular complexity index is 227. The van der Waals surface area contributed by atoms with E-state index in [9.17, 15) is 4.79 Å². The number of hydrogen-bond donors (Lipinski definition) is 4. The molecule has 80 valence electrons. The SMILES string of the molecule is CC1NC(=O)C=C(CNCCCN)N1. The number of carbonyl (C=O) groups is 1. The largest absolute Gasteiger partial charge is 0.368 e. The summed E-state index contributed by atoms with van der Waals surface area (Å²) in [5.74, 6) is -0.0353. The van der Waals surface area contributed by atoms with Gasteiger partial charge in [-0.1, -0.05) is 0 Å². The van der Waals surface area contributed by atoms with Gasteiger partial charge in [-0.05, 0) is 26.4 Å². The lowest BCUT2D eigenvalue weighted by Crippen LogP contribution is -2.48. The molecule has 1 amide bonds. The summed E-state index contributed by atoms with van der Waals surface area (Å²) in [4.78, 5) is 11.1. The molecule has 0 spiro atoms. The highest BCUT2D eigenvalue weighted by Gasteiger charge is 2.12. The van der Waals surface area contributed by atoms with Crippen LogP contribution in [0.15, 0.2) is 11.8 Å². The zero-order chi connectivity index (χ0) is 10.4. The summed E-state index contributed by atoms with van der Waals surface area (Å²) in [5.41, 5.74) is 6.29. The van der Waals surface area contributed by atoms with Crippen molar-refractivity contribution in [3.05, 3.63) is 11.8 Å². The van der Waals surface area contributed by atoms with Gasteiger partial charge in [0.05, 0.1) is 6.17 Å². The first-order valence-electron chi connectivity index (χ1n) is 4.91. The lowest BCUT2D eigenvalue weighted by molar-refractivity contribution is -0.117. The van der Waals surface area contributed by atoms with Crippen LogP contribution >= 0.6 is 0 Å². The molecule has 1 aliphatic rings. The van der Waals surface area contributed by atoms with Gasteiger partial charge in [0.1, 0.15) is 0 Å². The van der Waals surface area contributed by atoms with Crippen molar-refractivity contribution in [1.82, 2.24) is 16.0 Å². The molecule has 0 saturated heterocycles. The van der Waals surface area contributed by atoms with Crippen molar-refractivity contribution in [2.24, 2.45) is 5.73 Å². The fraction of sp³-hybridized carbons (Fsp3) is 0.667. The van der Waals surface area contributed by atoms with E-state index >= 15 is 0 Å². The van der Waals surface area contributed by atoms with E-state index in [0.717, 1.165) is 18.7 Å². The maximum absolute atomic E-state index is 11.1. The van der Waals surface area contributed by atoms with Crippen LogP contribution < -0.4 is 21.7 Å². The monoisotopic (exact) mass is 198 g/mol. The fourth-order valence-electron chi connectivity index (χ4n) is 1.32. The van der Waals surface area contributed by atoms with Crippen LogP contribution in [-0.4, -0.2) is 31.7 Å². The molecule has 1 heterocycles. The van der Waals surface area contributed by atoms with Gasteiger partial charge >= 0.3 is 0 Å². The van der Waals surface area contributed by atoms with Gasteiger partial charge in [0.15, 0.2) is 0 Å². The third kappa shape index (κ3) is 3.76. The smallest absolute Gasteiger partial charge is 0.247 e. The van der Waals surface area contributed by atoms with Crippen molar-refractivity contribution >= 4 is 5.91 Å². The number of rotatable bonds is 5. The number of carbonyl (C=O) groups excluding carboxylic acids is 1. The standard InChI is InChI=1S/C9H18N4O/c1-7-12-8(5-9(14)13-7)6-11-4-2-3-10/h5,7,11-12H,2-4,6,10H2,1H3,(H,13,14). The molecule has 0 aromatic carbocycles. The van der Waals surface area contributed by atoms with E-state index in [-0.39, 0.29) is 12.1 Å². The van der Waals surface area contributed by atoms with Gasteiger partial charge in [0.25, 0.3) is 0 Å². The molecule has 0 aromatic heterocycles. The second kappa shape index (κ2) is 5.62. The van der Waals surface area contributed by atoms with Gasteiger partial charge in [-0.15, -0.1) is 0 Å². The summed E-state index contributed by atoms with van der Waals surface area (Å²) in [7, 11) is 0. The second-order valence-corrected chi connectivity index (χ2v) is 3.36. The van der Waals surface area contributed by atoms with Crippen LogP contribution in [0.5, 0.6) is 0 Å². The van der Waals surface area contributed by atoms with Crippen LogP contribution in [-0.2, 0) is 4.79 Å². The molecule has 1 aliphatic heterocycles. The molecule has 1 rings (SSSR count). The third-order valence-corrected chi connectivity index (χ3v) is 1.94. The van der Waals surface area contributed by atoms with Crippen molar-refractivity contribution in [2.45, 2.75) is 19.5 Å². The van der Waals surface area contributed by atoms with E-state index in [1.54, 1.807) is 6.08 Å². The van der Waals surface area contributed by atoms with E-state index in [4.69, 9.17) is 5.73 Å². The predicted octanol–water partition coefficient (Wildman–Crippen LogP) is -1.13. The topological polar surface area (TPSA) is 79.2 Å². The van der Waals surface area contributed by atoms with Crippen molar-refractivity contribution < 1.29 is 4.79 Å². The zero-order valence-corrected chi connectivity index (χ0v) is 8.47. The molecule has 14 heavy (non-hydrogen) atoms. The minimum Gasteiger partial charge on any atom is -0.368 e. The molecule has 1 unspecified atom stereocenters. The Labute approximate surface area is 84.1 Å². The summed E-state index contributed by atoms with van der Waals surface area (Å²) in [5, 5.41) is 9.10. The zero-order valence-electron chi connectivity index (χ0n) is 8.47. The van der Waals surface area contributed by atoms with Gasteiger partial charge < -0.3 is 21.7 Å². The average molecular weight is 198 g/mol. The van der Waals surface area contributed by atoms with Crippen LogP contribution in [0.4, 0.5) is 0 Å². The lowest BCUT2D eigenvalue weighted by Gasteiger charge is -2.23. The highest BCUT2D eigenvalue weighted by molar-refractivity contribution is 5.89. The minimum absolute atomic E-state index is 0.0128. The van der Waals surface area contributed by atoms with Crippen molar-refractivity contribution in [2.75, 3.05) is 19.6 Å². The Hall–Kier alpha value is -1.07. The predicted molar refractivity (Wildman–Crippen MR) is 55.4 cm³/mol. The molecule has 5 N–H and O–H groups in total. The van der Waals surface area contributed by atoms with Crippen molar-refractivity contribution in [1.29, 1.82) is 0 Å². The first-order valence-corrected chi connectivity index (χ1v) is 4.91. The highest BCUT2D eigenvalue weighted by Crippen LogP contribution is 1.95. The molecular formula is C9H18N4O. The molecule has 0 saturated carbocycles. The summed E-state index contributed by atoms with van der Waals surface area (Å²) >= 11 is 0. The lowest BCUT2D eigenvalue weighted by atomic mass is 10.3. The molecule has 0 aliphatic carbocycles. The Balaban J connectivity index is 2.26. The average Bonchev–Trinajstić information content (AvgIpc) is 2.11. The molecule has 0 radical (unpaired) electrons.